The van der Waals surface area contributed by atoms with Crippen LogP contribution in [0, 0.1) is 10.1 Å². The van der Waals surface area contributed by atoms with Crippen LogP contribution in [-0.2, 0) is 12.8 Å². The third kappa shape index (κ3) is 2.78. The van der Waals surface area contributed by atoms with Crippen LogP contribution in [-0.4, -0.2) is 11.0 Å². The molecule has 0 saturated heterocycles. The number of benzene rings is 3. The van der Waals surface area contributed by atoms with Crippen LogP contribution >= 0.6 is 0 Å². The van der Waals surface area contributed by atoms with Gasteiger partial charge < -0.3 is 10.6 Å². The average Bonchev–Trinajstić information content (AvgIpc) is 3.03. The van der Waals surface area contributed by atoms with Crippen molar-refractivity contribution in [1.29, 1.82) is 0 Å². The summed E-state index contributed by atoms with van der Waals surface area (Å²) in [6.45, 7) is 0. The van der Waals surface area contributed by atoms with Crippen molar-refractivity contribution in [3.8, 4) is 0 Å². The first kappa shape index (κ1) is 15.1. The minimum Gasteiger partial charge on any atom is -0.308 e. The fraction of sp³-hybridized carbons (Fsp3) is 0.105. The monoisotopic (exact) mass is 333 g/mol. The molecule has 3 aromatic rings. The Balaban J connectivity index is 1.55. The number of aryl methyl sites for hydroxylation is 2. The molecule has 0 saturated carbocycles. The van der Waals surface area contributed by atoms with Gasteiger partial charge in [-0.15, -0.1) is 0 Å². The van der Waals surface area contributed by atoms with Crippen LogP contribution in [0.1, 0.15) is 11.1 Å². The number of nitrogens with one attached hydrogen (secondary N) is 2. The van der Waals surface area contributed by atoms with Crippen molar-refractivity contribution in [2.45, 2.75) is 12.8 Å². The third-order valence-electron chi connectivity index (χ3n) is 4.46. The second-order valence-corrected chi connectivity index (χ2v) is 6.00. The highest BCUT2D eigenvalue weighted by atomic mass is 16.6. The molecule has 6 heteroatoms. The summed E-state index contributed by atoms with van der Waals surface area (Å²) in [5.74, 6) is 0. The quantitative estimate of drug-likeness (QED) is 0.547. The number of nitro benzene ring substituents is 1. The van der Waals surface area contributed by atoms with E-state index in [1.54, 1.807) is 0 Å². The van der Waals surface area contributed by atoms with Crippen molar-refractivity contribution in [1.82, 2.24) is 0 Å². The Morgan fingerprint density at radius 2 is 1.64 bits per heavy atom. The standard InChI is InChI=1S/C19H15N3O3/c23-19(20-14-7-9-15(10-8-14)22(24)25)21-17-11-6-13-5-4-12-2-1-3-16(17)18(12)13/h1-3,6-11H,4-5H2,(H2,20,21,23). The number of carbonyl (C=O) groups is 1. The lowest BCUT2D eigenvalue weighted by Gasteiger charge is -2.11. The maximum absolute atomic E-state index is 12.3. The Labute approximate surface area is 143 Å². The van der Waals surface area contributed by atoms with Gasteiger partial charge in [0.25, 0.3) is 5.69 Å². The van der Waals surface area contributed by atoms with E-state index in [1.165, 1.54) is 40.8 Å². The topological polar surface area (TPSA) is 84.3 Å². The lowest BCUT2D eigenvalue weighted by atomic mass is 10.0. The fourth-order valence-electron chi connectivity index (χ4n) is 3.31. The first-order valence-electron chi connectivity index (χ1n) is 7.98. The normalized spacial score (nSPS) is 12.2. The summed E-state index contributed by atoms with van der Waals surface area (Å²) < 4.78 is 0. The van der Waals surface area contributed by atoms with Crippen molar-refractivity contribution in [3.63, 3.8) is 0 Å². The zero-order chi connectivity index (χ0) is 17.4. The second-order valence-electron chi connectivity index (χ2n) is 6.00. The summed E-state index contributed by atoms with van der Waals surface area (Å²) >= 11 is 0. The molecule has 0 bridgehead atoms. The maximum atomic E-state index is 12.3. The summed E-state index contributed by atoms with van der Waals surface area (Å²) in [5, 5.41) is 18.5. The van der Waals surface area contributed by atoms with Gasteiger partial charge in [-0.3, -0.25) is 10.1 Å². The second kappa shape index (κ2) is 5.90. The Morgan fingerprint density at radius 3 is 2.36 bits per heavy atom. The van der Waals surface area contributed by atoms with Crippen molar-refractivity contribution in [2.75, 3.05) is 10.6 Å². The molecule has 0 aliphatic heterocycles. The highest BCUT2D eigenvalue weighted by Crippen LogP contribution is 2.35. The molecule has 4 rings (SSSR count). The Hall–Kier alpha value is -3.41. The molecule has 0 aromatic heterocycles. The van der Waals surface area contributed by atoms with E-state index < -0.39 is 4.92 Å². The molecule has 0 spiro atoms. The van der Waals surface area contributed by atoms with Gasteiger partial charge in [0.05, 0.1) is 10.6 Å². The smallest absolute Gasteiger partial charge is 0.308 e. The van der Waals surface area contributed by atoms with Crippen LogP contribution in [0.15, 0.2) is 54.6 Å². The van der Waals surface area contributed by atoms with Crippen LogP contribution in [0.3, 0.4) is 0 Å². The number of nitro groups is 1. The average molecular weight is 333 g/mol. The molecule has 3 aromatic carbocycles. The SMILES string of the molecule is O=C(Nc1ccc([N+](=O)[O-])cc1)Nc1ccc2c3c(cccc13)CC2. The van der Waals surface area contributed by atoms with E-state index in [4.69, 9.17) is 0 Å². The first-order chi connectivity index (χ1) is 12.1. The molecule has 1 aliphatic carbocycles. The number of carbonyl (C=O) groups excluding carboxylic acids is 1. The van der Waals surface area contributed by atoms with Crippen molar-refractivity contribution in [3.05, 3.63) is 75.8 Å². The molecule has 6 nitrogen and oxygen atoms in total. The highest BCUT2D eigenvalue weighted by Gasteiger charge is 2.16. The first-order valence-corrected chi connectivity index (χ1v) is 7.98. The summed E-state index contributed by atoms with van der Waals surface area (Å²) in [7, 11) is 0. The molecule has 1 aliphatic rings. The summed E-state index contributed by atoms with van der Waals surface area (Å²) in [4.78, 5) is 22.5. The molecule has 2 amide bonds. The molecule has 2 N–H and O–H groups in total. The van der Waals surface area contributed by atoms with E-state index in [0.29, 0.717) is 5.69 Å². The molecule has 0 atom stereocenters. The lowest BCUT2D eigenvalue weighted by Crippen LogP contribution is -2.19. The Bertz CT molecular complexity index is 986. The molecule has 0 radical (unpaired) electrons. The Morgan fingerprint density at radius 1 is 0.920 bits per heavy atom. The number of anilines is 2. The Kier molecular flexibility index (Phi) is 3.57. The van der Waals surface area contributed by atoms with Gasteiger partial charge in [-0.25, -0.2) is 4.79 Å². The van der Waals surface area contributed by atoms with Crippen LogP contribution < -0.4 is 10.6 Å². The van der Waals surface area contributed by atoms with Gasteiger partial charge in [-0.05, 0) is 47.6 Å². The molecular formula is C19H15N3O3. The zero-order valence-corrected chi connectivity index (χ0v) is 13.3. The van der Waals surface area contributed by atoms with Crippen LogP contribution in [0.4, 0.5) is 21.9 Å². The third-order valence-corrected chi connectivity index (χ3v) is 4.46. The highest BCUT2D eigenvalue weighted by molar-refractivity contribution is 6.08. The van der Waals surface area contributed by atoms with Gasteiger partial charge in [-0.1, -0.05) is 24.3 Å². The predicted octanol–water partition coefficient (Wildman–Crippen LogP) is 4.49. The number of non-ortho nitro benzene ring substituents is 1. The summed E-state index contributed by atoms with van der Waals surface area (Å²) in [6.07, 6.45) is 2.07. The van der Waals surface area contributed by atoms with Gasteiger partial charge in [0.2, 0.25) is 0 Å². The van der Waals surface area contributed by atoms with Crippen LogP contribution in [0.2, 0.25) is 0 Å². The molecular weight excluding hydrogens is 318 g/mol. The van der Waals surface area contributed by atoms with Crippen molar-refractivity contribution in [2.24, 2.45) is 0 Å². The number of rotatable bonds is 3. The van der Waals surface area contributed by atoms with Gasteiger partial charge in [-0.2, -0.15) is 0 Å². The maximum Gasteiger partial charge on any atom is 0.323 e. The number of hydrogen-bond acceptors (Lipinski definition) is 3. The van der Waals surface area contributed by atoms with Gasteiger partial charge in [0.15, 0.2) is 0 Å². The largest absolute Gasteiger partial charge is 0.323 e. The molecule has 0 unspecified atom stereocenters. The summed E-state index contributed by atoms with van der Waals surface area (Å²) in [6, 6.07) is 15.5. The van der Waals surface area contributed by atoms with Gasteiger partial charge in [0, 0.05) is 23.2 Å². The lowest BCUT2D eigenvalue weighted by molar-refractivity contribution is -0.384. The van der Waals surface area contributed by atoms with E-state index >= 15 is 0 Å². The minimum absolute atomic E-state index is 0.0153. The van der Waals surface area contributed by atoms with E-state index in [9.17, 15) is 14.9 Å². The van der Waals surface area contributed by atoms with Crippen LogP contribution in [0.25, 0.3) is 10.8 Å². The predicted molar refractivity (Wildman–Crippen MR) is 97.1 cm³/mol. The van der Waals surface area contributed by atoms with Crippen LogP contribution in [0.5, 0.6) is 0 Å². The van der Waals surface area contributed by atoms with Gasteiger partial charge >= 0.3 is 6.03 Å². The van der Waals surface area contributed by atoms with Crippen molar-refractivity contribution >= 4 is 33.9 Å². The van der Waals surface area contributed by atoms with E-state index in [-0.39, 0.29) is 11.7 Å². The van der Waals surface area contributed by atoms with E-state index in [0.717, 1.165) is 23.9 Å². The molecule has 25 heavy (non-hydrogen) atoms. The minimum atomic E-state index is -0.476. The number of hydrogen-bond donors (Lipinski definition) is 2. The number of amides is 2. The number of nitrogens with zero attached hydrogens (tertiary/aromatic N) is 1. The summed E-state index contributed by atoms with van der Waals surface area (Å²) in [5.41, 5.74) is 3.85. The molecule has 0 fully saturated rings. The van der Waals surface area contributed by atoms with Gasteiger partial charge in [0.1, 0.15) is 0 Å². The van der Waals surface area contributed by atoms with E-state index in [2.05, 4.69) is 22.8 Å². The fourth-order valence-corrected chi connectivity index (χ4v) is 3.31. The number of urea groups is 1. The van der Waals surface area contributed by atoms with E-state index in [1.807, 2.05) is 18.2 Å². The van der Waals surface area contributed by atoms with Crippen molar-refractivity contribution < 1.29 is 9.72 Å². The zero-order valence-electron chi connectivity index (χ0n) is 13.3. The molecule has 124 valence electrons. The molecule has 0 heterocycles.